The van der Waals surface area contributed by atoms with Gasteiger partial charge in [0, 0.05) is 11.0 Å². The van der Waals surface area contributed by atoms with E-state index in [1.807, 2.05) is 12.1 Å². The van der Waals surface area contributed by atoms with E-state index < -0.39 is 0 Å². The van der Waals surface area contributed by atoms with Gasteiger partial charge in [0.05, 0.1) is 17.4 Å². The first kappa shape index (κ1) is 7.15. The maximum Gasteiger partial charge on any atom is 0.154 e. The highest BCUT2D eigenvalue weighted by Crippen LogP contribution is 2.18. The first-order valence-electron chi connectivity index (χ1n) is 3.94. The molecule has 13 heavy (non-hydrogen) atoms. The Kier molecular flexibility index (Phi) is 1.43. The van der Waals surface area contributed by atoms with Gasteiger partial charge in [0.2, 0.25) is 0 Å². The monoisotopic (exact) mass is 190 g/mol. The summed E-state index contributed by atoms with van der Waals surface area (Å²) in [5, 5.41) is 1.92. The van der Waals surface area contributed by atoms with Crippen LogP contribution in [0.2, 0.25) is 0 Å². The van der Waals surface area contributed by atoms with Crippen LogP contribution in [0.1, 0.15) is 0 Å². The van der Waals surface area contributed by atoms with Gasteiger partial charge in [0.1, 0.15) is 11.6 Å². The Morgan fingerprint density at radius 1 is 1.31 bits per heavy atom. The predicted octanol–water partition coefficient (Wildman–Crippen LogP) is 0.853. The van der Waals surface area contributed by atoms with Crippen molar-refractivity contribution in [3.05, 3.63) is 35.3 Å². The SMILES string of the molecule is C1=COc2cc3c(cc2=N1)SCN=3. The summed E-state index contributed by atoms with van der Waals surface area (Å²) in [6, 6.07) is 3.97. The van der Waals surface area contributed by atoms with Gasteiger partial charge in [-0.2, -0.15) is 0 Å². The van der Waals surface area contributed by atoms with Crippen LogP contribution in [0.3, 0.4) is 0 Å². The lowest BCUT2D eigenvalue weighted by Gasteiger charge is -2.04. The molecule has 2 heterocycles. The Labute approximate surface area is 78.9 Å². The summed E-state index contributed by atoms with van der Waals surface area (Å²) < 4.78 is 5.31. The summed E-state index contributed by atoms with van der Waals surface area (Å²) in [4.78, 5) is 9.73. The normalized spacial score (nSPS) is 16.6. The van der Waals surface area contributed by atoms with Crippen LogP contribution in [0.4, 0.5) is 0 Å². The molecule has 4 heteroatoms. The molecule has 0 unspecified atom stereocenters. The fourth-order valence-corrected chi connectivity index (χ4v) is 2.17. The second kappa shape index (κ2) is 2.60. The molecule has 0 aliphatic carbocycles. The summed E-state index contributed by atoms with van der Waals surface area (Å²) >= 11 is 1.73. The molecule has 0 atom stereocenters. The number of rotatable bonds is 0. The Hall–Kier alpha value is -1.29. The molecule has 0 fully saturated rings. The van der Waals surface area contributed by atoms with E-state index in [-0.39, 0.29) is 0 Å². The first-order valence-corrected chi connectivity index (χ1v) is 4.93. The molecule has 64 valence electrons. The molecule has 0 bridgehead atoms. The molecule has 2 aliphatic rings. The van der Waals surface area contributed by atoms with Crippen molar-refractivity contribution in [3.63, 3.8) is 0 Å². The van der Waals surface area contributed by atoms with Crippen LogP contribution in [-0.4, -0.2) is 5.88 Å². The van der Waals surface area contributed by atoms with E-state index >= 15 is 0 Å². The smallest absolute Gasteiger partial charge is 0.154 e. The van der Waals surface area contributed by atoms with Gasteiger partial charge in [0.25, 0.3) is 0 Å². The van der Waals surface area contributed by atoms with Gasteiger partial charge >= 0.3 is 0 Å². The third kappa shape index (κ3) is 1.06. The van der Waals surface area contributed by atoms with Gasteiger partial charge in [-0.15, -0.1) is 11.8 Å². The molecule has 0 saturated carbocycles. The largest absolute Gasteiger partial charge is 0.461 e. The van der Waals surface area contributed by atoms with Crippen molar-refractivity contribution >= 4 is 11.8 Å². The number of hydrogen-bond donors (Lipinski definition) is 0. The van der Waals surface area contributed by atoms with Gasteiger partial charge in [-0.1, -0.05) is 0 Å². The zero-order valence-electron chi connectivity index (χ0n) is 6.73. The number of fused-ring (bicyclic) bond motifs is 2. The average Bonchev–Trinajstić information content (AvgIpc) is 2.61. The second-order valence-electron chi connectivity index (χ2n) is 2.75. The van der Waals surface area contributed by atoms with Crippen LogP contribution in [0.15, 0.2) is 39.5 Å². The minimum absolute atomic E-state index is 0.799. The highest BCUT2D eigenvalue weighted by molar-refractivity contribution is 7.99. The van der Waals surface area contributed by atoms with Gasteiger partial charge < -0.3 is 4.74 Å². The van der Waals surface area contributed by atoms with E-state index in [9.17, 15) is 0 Å². The fourth-order valence-electron chi connectivity index (χ4n) is 1.36. The summed E-state index contributed by atoms with van der Waals surface area (Å²) in [5.74, 6) is 1.61. The highest BCUT2D eigenvalue weighted by Gasteiger charge is 2.09. The van der Waals surface area contributed by atoms with Crippen LogP contribution < -0.4 is 15.5 Å². The molecule has 0 radical (unpaired) electrons. The third-order valence-electron chi connectivity index (χ3n) is 1.96. The maximum atomic E-state index is 5.31. The third-order valence-corrected chi connectivity index (χ3v) is 2.86. The Morgan fingerprint density at radius 2 is 2.31 bits per heavy atom. The molecular weight excluding hydrogens is 184 g/mol. The summed E-state index contributed by atoms with van der Waals surface area (Å²) in [6.45, 7) is 0. The van der Waals surface area contributed by atoms with Gasteiger partial charge in [-0.25, -0.2) is 4.99 Å². The molecule has 0 spiro atoms. The lowest BCUT2D eigenvalue weighted by Crippen LogP contribution is -2.14. The Morgan fingerprint density at radius 3 is 3.31 bits per heavy atom. The van der Waals surface area contributed by atoms with E-state index in [0.717, 1.165) is 22.3 Å². The molecule has 1 aromatic carbocycles. The van der Waals surface area contributed by atoms with Gasteiger partial charge in [0.15, 0.2) is 5.75 Å². The summed E-state index contributed by atoms with van der Waals surface area (Å²) in [7, 11) is 0. The predicted molar refractivity (Wildman–Crippen MR) is 49.2 cm³/mol. The highest BCUT2D eigenvalue weighted by atomic mass is 32.2. The van der Waals surface area contributed by atoms with E-state index in [1.54, 1.807) is 24.2 Å². The minimum Gasteiger partial charge on any atom is -0.461 e. The Bertz CT molecular complexity index is 507. The molecule has 0 N–H and O–H groups in total. The molecule has 3 nitrogen and oxygen atoms in total. The fraction of sp³-hybridized carbons (Fsp3) is 0.111. The lowest BCUT2D eigenvalue weighted by molar-refractivity contribution is 0.464. The van der Waals surface area contributed by atoms with Crippen molar-refractivity contribution in [3.8, 4) is 5.75 Å². The van der Waals surface area contributed by atoms with Crippen molar-refractivity contribution in [1.82, 2.24) is 0 Å². The molecular formula is C9H6N2OS. The summed E-state index contributed by atoms with van der Waals surface area (Å²) in [6.07, 6.45) is 3.24. The average molecular weight is 190 g/mol. The van der Waals surface area contributed by atoms with Crippen molar-refractivity contribution in [2.24, 2.45) is 9.98 Å². The van der Waals surface area contributed by atoms with Crippen molar-refractivity contribution < 1.29 is 4.74 Å². The molecule has 0 saturated heterocycles. The zero-order valence-corrected chi connectivity index (χ0v) is 7.54. The standard InChI is InChI=1S/C9H6N2OS/c1-2-12-8-3-7-9(13-5-11-7)4-6(8)10-1/h1-4H,5H2. The summed E-state index contributed by atoms with van der Waals surface area (Å²) in [5.41, 5.74) is 0. The quantitative estimate of drug-likeness (QED) is 0.608. The van der Waals surface area contributed by atoms with Crippen LogP contribution in [0.5, 0.6) is 5.75 Å². The van der Waals surface area contributed by atoms with Crippen LogP contribution in [0, 0.1) is 0 Å². The number of hydrogen-bond acceptors (Lipinski definition) is 4. The van der Waals surface area contributed by atoms with Crippen LogP contribution >= 0.6 is 11.8 Å². The van der Waals surface area contributed by atoms with E-state index in [2.05, 4.69) is 9.98 Å². The van der Waals surface area contributed by atoms with Crippen molar-refractivity contribution in [2.45, 2.75) is 4.90 Å². The van der Waals surface area contributed by atoms with E-state index in [1.165, 1.54) is 4.90 Å². The zero-order chi connectivity index (χ0) is 8.67. The first-order chi connectivity index (χ1) is 6.43. The van der Waals surface area contributed by atoms with Gasteiger partial charge in [-0.3, -0.25) is 4.99 Å². The van der Waals surface area contributed by atoms with Gasteiger partial charge in [-0.05, 0) is 6.07 Å². The molecule has 2 aliphatic heterocycles. The van der Waals surface area contributed by atoms with Crippen LogP contribution in [-0.2, 0) is 0 Å². The maximum absolute atomic E-state index is 5.31. The van der Waals surface area contributed by atoms with Crippen molar-refractivity contribution in [1.29, 1.82) is 0 Å². The van der Waals surface area contributed by atoms with E-state index in [0.29, 0.717) is 0 Å². The molecule has 0 aromatic heterocycles. The van der Waals surface area contributed by atoms with Crippen molar-refractivity contribution in [2.75, 3.05) is 5.88 Å². The molecule has 3 rings (SSSR count). The number of benzene rings is 1. The number of ether oxygens (including phenoxy) is 1. The second-order valence-corrected chi connectivity index (χ2v) is 3.74. The minimum atomic E-state index is 0.799. The lowest BCUT2D eigenvalue weighted by atomic mass is 10.3. The Balaban J connectivity index is 2.37. The van der Waals surface area contributed by atoms with E-state index in [4.69, 9.17) is 4.74 Å². The number of nitrogens with zero attached hydrogens (tertiary/aromatic N) is 2. The molecule has 1 aromatic rings. The van der Waals surface area contributed by atoms with Crippen LogP contribution in [0.25, 0.3) is 0 Å². The number of thioether (sulfide) groups is 1. The molecule has 0 amide bonds. The topological polar surface area (TPSA) is 34.0 Å².